The Labute approximate surface area is 129 Å². The van der Waals surface area contributed by atoms with Crippen molar-refractivity contribution in [3.8, 4) is 0 Å². The Kier molecular flexibility index (Phi) is 5.56. The van der Waals surface area contributed by atoms with E-state index in [-0.39, 0.29) is 22.5 Å². The Morgan fingerprint density at radius 3 is 2.71 bits per heavy atom. The van der Waals surface area contributed by atoms with E-state index in [1.165, 1.54) is 6.07 Å². The predicted molar refractivity (Wildman–Crippen MR) is 78.5 cm³/mol. The van der Waals surface area contributed by atoms with Gasteiger partial charge in [-0.2, -0.15) is 0 Å². The lowest BCUT2D eigenvalue weighted by atomic mass is 10.2. The minimum Gasteiger partial charge on any atom is -0.379 e. The van der Waals surface area contributed by atoms with Gasteiger partial charge in [0.05, 0.1) is 18.2 Å². The van der Waals surface area contributed by atoms with Crippen LogP contribution in [0.3, 0.4) is 0 Å². The van der Waals surface area contributed by atoms with Crippen LogP contribution < -0.4 is 4.72 Å². The van der Waals surface area contributed by atoms with Crippen LogP contribution in [0.4, 0.5) is 4.39 Å². The highest BCUT2D eigenvalue weighted by Crippen LogP contribution is 2.22. The maximum atomic E-state index is 13.0. The number of hydrogen-bond acceptors (Lipinski definition) is 4. The molecule has 0 aliphatic carbocycles. The van der Waals surface area contributed by atoms with Crippen molar-refractivity contribution in [3.05, 3.63) is 29.0 Å². The molecule has 0 spiro atoms. The summed E-state index contributed by atoms with van der Waals surface area (Å²) in [6, 6.07) is 3.27. The molecular weight excluding hydrogens is 319 g/mol. The quantitative estimate of drug-likeness (QED) is 0.885. The van der Waals surface area contributed by atoms with Crippen LogP contribution in [0.5, 0.6) is 0 Å². The molecule has 5 nitrogen and oxygen atoms in total. The lowest BCUT2D eigenvalue weighted by Gasteiger charge is -2.32. The van der Waals surface area contributed by atoms with Crippen LogP contribution in [0.1, 0.15) is 6.92 Å². The highest BCUT2D eigenvalue weighted by Gasteiger charge is 2.22. The number of rotatable bonds is 5. The Morgan fingerprint density at radius 1 is 1.43 bits per heavy atom. The van der Waals surface area contributed by atoms with Gasteiger partial charge in [-0.3, -0.25) is 4.90 Å². The van der Waals surface area contributed by atoms with E-state index in [4.69, 9.17) is 16.3 Å². The summed E-state index contributed by atoms with van der Waals surface area (Å²) in [4.78, 5) is 2.04. The minimum atomic E-state index is -3.75. The van der Waals surface area contributed by atoms with Gasteiger partial charge in [0.2, 0.25) is 10.0 Å². The number of sulfonamides is 1. The molecule has 0 amide bonds. The van der Waals surface area contributed by atoms with Crippen LogP contribution in [-0.2, 0) is 14.8 Å². The molecule has 1 aromatic rings. The van der Waals surface area contributed by atoms with Gasteiger partial charge >= 0.3 is 0 Å². The molecule has 118 valence electrons. The Balaban J connectivity index is 2.00. The van der Waals surface area contributed by atoms with Crippen LogP contribution in [0.25, 0.3) is 0 Å². The number of morpholine rings is 1. The van der Waals surface area contributed by atoms with Crippen LogP contribution in [0, 0.1) is 5.82 Å². The molecule has 0 radical (unpaired) electrons. The maximum absolute atomic E-state index is 13.0. The van der Waals surface area contributed by atoms with Gasteiger partial charge in [0.15, 0.2) is 0 Å². The minimum absolute atomic E-state index is 0.0444. The van der Waals surface area contributed by atoms with Crippen molar-refractivity contribution in [2.45, 2.75) is 17.9 Å². The number of nitrogens with zero attached hydrogens (tertiary/aromatic N) is 1. The fourth-order valence-electron chi connectivity index (χ4n) is 2.15. The fraction of sp³-hybridized carbons (Fsp3) is 0.538. The standard InChI is InChI=1S/C13H18ClFN2O3S/c1-10(17-4-6-20-7-5-17)9-16-21(18,19)13-3-2-11(15)8-12(13)14/h2-3,8,10,16H,4-7,9H2,1H3/t10-/m0/s1. The molecule has 0 aromatic heterocycles. The lowest BCUT2D eigenvalue weighted by molar-refractivity contribution is 0.0213. The summed E-state index contributed by atoms with van der Waals surface area (Å²) in [5.41, 5.74) is 0. The van der Waals surface area contributed by atoms with E-state index in [1.807, 2.05) is 6.92 Å². The third-order valence-electron chi connectivity index (χ3n) is 3.42. The van der Waals surface area contributed by atoms with Gasteiger partial charge in [-0.05, 0) is 25.1 Å². The number of ether oxygens (including phenoxy) is 1. The summed E-state index contributed by atoms with van der Waals surface area (Å²) >= 11 is 5.79. The number of nitrogens with one attached hydrogen (secondary N) is 1. The second-order valence-corrected chi connectivity index (χ2v) is 7.07. The zero-order chi connectivity index (χ0) is 15.5. The van der Waals surface area contributed by atoms with E-state index in [1.54, 1.807) is 0 Å². The van der Waals surface area contributed by atoms with Gasteiger partial charge in [0.25, 0.3) is 0 Å². The zero-order valence-corrected chi connectivity index (χ0v) is 13.3. The van der Waals surface area contributed by atoms with Crippen LogP contribution in [0.15, 0.2) is 23.1 Å². The van der Waals surface area contributed by atoms with E-state index >= 15 is 0 Å². The van der Waals surface area contributed by atoms with Crippen molar-refractivity contribution < 1.29 is 17.5 Å². The molecule has 0 saturated carbocycles. The van der Waals surface area contributed by atoms with E-state index in [2.05, 4.69) is 9.62 Å². The molecule has 1 saturated heterocycles. The first-order valence-electron chi connectivity index (χ1n) is 6.66. The van der Waals surface area contributed by atoms with Crippen molar-refractivity contribution in [2.75, 3.05) is 32.8 Å². The molecule has 1 atom stereocenters. The third-order valence-corrected chi connectivity index (χ3v) is 5.33. The third kappa shape index (κ3) is 4.37. The molecule has 1 heterocycles. The van der Waals surface area contributed by atoms with Crippen LogP contribution >= 0.6 is 11.6 Å². The van der Waals surface area contributed by atoms with Gasteiger partial charge in [0.1, 0.15) is 10.7 Å². The van der Waals surface area contributed by atoms with Gasteiger partial charge < -0.3 is 4.74 Å². The SMILES string of the molecule is C[C@@H](CNS(=O)(=O)c1ccc(F)cc1Cl)N1CCOCC1. The summed E-state index contributed by atoms with van der Waals surface area (Å²) < 4.78 is 45.1. The summed E-state index contributed by atoms with van der Waals surface area (Å²) in [6.45, 7) is 5.07. The molecule has 0 unspecified atom stereocenters. The first-order valence-corrected chi connectivity index (χ1v) is 8.53. The second kappa shape index (κ2) is 7.02. The Morgan fingerprint density at radius 2 is 2.10 bits per heavy atom. The van der Waals surface area contributed by atoms with Gasteiger partial charge in [0, 0.05) is 25.7 Å². The largest absolute Gasteiger partial charge is 0.379 e. The van der Waals surface area contributed by atoms with Crippen LogP contribution in [-0.4, -0.2) is 52.2 Å². The van der Waals surface area contributed by atoms with E-state index < -0.39 is 15.8 Å². The average Bonchev–Trinajstić information content (AvgIpc) is 2.45. The first-order chi connectivity index (χ1) is 9.90. The van der Waals surface area contributed by atoms with Crippen molar-refractivity contribution in [1.82, 2.24) is 9.62 Å². The lowest BCUT2D eigenvalue weighted by Crippen LogP contribution is -2.47. The first kappa shape index (κ1) is 16.6. The Bertz CT molecular complexity index is 591. The second-order valence-electron chi connectivity index (χ2n) is 4.92. The van der Waals surface area contributed by atoms with Crippen molar-refractivity contribution >= 4 is 21.6 Å². The van der Waals surface area contributed by atoms with Gasteiger partial charge in [-0.1, -0.05) is 11.6 Å². The molecule has 1 N–H and O–H groups in total. The molecule has 1 aliphatic heterocycles. The van der Waals surface area contributed by atoms with E-state index in [0.717, 1.165) is 25.2 Å². The molecule has 2 rings (SSSR count). The molecule has 21 heavy (non-hydrogen) atoms. The topological polar surface area (TPSA) is 58.6 Å². The average molecular weight is 337 g/mol. The molecule has 1 fully saturated rings. The number of halogens is 2. The molecule has 1 aliphatic rings. The summed E-state index contributed by atoms with van der Waals surface area (Å²) in [6.07, 6.45) is 0. The highest BCUT2D eigenvalue weighted by molar-refractivity contribution is 7.89. The zero-order valence-electron chi connectivity index (χ0n) is 11.7. The smallest absolute Gasteiger partial charge is 0.242 e. The molecule has 1 aromatic carbocycles. The van der Waals surface area contributed by atoms with E-state index in [0.29, 0.717) is 13.2 Å². The Hall–Kier alpha value is -0.730. The van der Waals surface area contributed by atoms with Crippen molar-refractivity contribution in [2.24, 2.45) is 0 Å². The monoisotopic (exact) mass is 336 g/mol. The summed E-state index contributed by atoms with van der Waals surface area (Å²) in [7, 11) is -3.75. The predicted octanol–water partition coefficient (Wildman–Crippen LogP) is 1.48. The van der Waals surface area contributed by atoms with Crippen molar-refractivity contribution in [1.29, 1.82) is 0 Å². The normalized spacial score (nSPS) is 18.6. The highest BCUT2D eigenvalue weighted by atomic mass is 35.5. The van der Waals surface area contributed by atoms with Gasteiger partial charge in [-0.25, -0.2) is 17.5 Å². The fourth-order valence-corrected chi connectivity index (χ4v) is 3.80. The van der Waals surface area contributed by atoms with Crippen LogP contribution in [0.2, 0.25) is 5.02 Å². The van der Waals surface area contributed by atoms with Crippen molar-refractivity contribution in [3.63, 3.8) is 0 Å². The summed E-state index contributed by atoms with van der Waals surface area (Å²) in [5.74, 6) is -0.569. The molecule has 8 heteroatoms. The number of benzene rings is 1. The van der Waals surface area contributed by atoms with E-state index in [9.17, 15) is 12.8 Å². The van der Waals surface area contributed by atoms with Gasteiger partial charge in [-0.15, -0.1) is 0 Å². The maximum Gasteiger partial charge on any atom is 0.242 e. The molecular formula is C13H18ClFN2O3S. The number of hydrogen-bond donors (Lipinski definition) is 1. The summed E-state index contributed by atoms with van der Waals surface area (Å²) in [5, 5.41) is -0.124. The molecule has 0 bridgehead atoms.